The first-order valence-electron chi connectivity index (χ1n) is 14.3. The molecule has 1 aliphatic heterocycles. The molecule has 1 saturated heterocycles. The highest BCUT2D eigenvalue weighted by Gasteiger charge is 2.30. The number of carbonyl (C=O) groups is 2. The molecule has 1 aliphatic carbocycles. The summed E-state index contributed by atoms with van der Waals surface area (Å²) >= 11 is 1.56. The molecule has 242 valence electrons. The van der Waals surface area contributed by atoms with E-state index in [-0.39, 0.29) is 28.4 Å². The van der Waals surface area contributed by atoms with Crippen LogP contribution in [0.3, 0.4) is 0 Å². The molecule has 1 atom stereocenters. The number of ether oxygens (including phenoxy) is 1. The topological polar surface area (TPSA) is 200 Å². The van der Waals surface area contributed by atoms with Crippen LogP contribution in [0.15, 0.2) is 53.0 Å². The number of hydrogen-bond acceptors (Lipinski definition) is 10. The first-order valence-corrected chi connectivity index (χ1v) is 16.6. The van der Waals surface area contributed by atoms with Gasteiger partial charge in [0.25, 0.3) is 16.0 Å². The van der Waals surface area contributed by atoms with Gasteiger partial charge in [0.05, 0.1) is 23.8 Å². The zero-order chi connectivity index (χ0) is 31.4. The highest BCUT2D eigenvalue weighted by Crippen LogP contribution is 2.34. The van der Waals surface area contributed by atoms with Gasteiger partial charge in [-0.25, -0.2) is 19.3 Å². The maximum atomic E-state index is 13.4. The average molecular weight is 660 g/mol. The highest BCUT2D eigenvalue weighted by atomic mass is 32.2. The molecule has 0 unspecified atom stereocenters. The normalized spacial score (nSPS) is 15.8. The number of methoxy groups -OCH3 is 1. The van der Waals surface area contributed by atoms with E-state index in [1.165, 1.54) is 32.1 Å². The van der Waals surface area contributed by atoms with Crippen molar-refractivity contribution in [1.82, 2.24) is 29.8 Å². The number of amides is 2. The zero-order valence-corrected chi connectivity index (χ0v) is 26.8. The first-order chi connectivity index (χ1) is 21.0. The van der Waals surface area contributed by atoms with Crippen LogP contribution in [0.5, 0.6) is 0 Å². The largest absolute Gasteiger partial charge is 0.453 e. The second-order valence-corrected chi connectivity index (χ2v) is 13.3. The lowest BCUT2D eigenvalue weighted by Gasteiger charge is -2.32. The summed E-state index contributed by atoms with van der Waals surface area (Å²) in [6.45, 7) is 5.07. The van der Waals surface area contributed by atoms with Crippen molar-refractivity contribution < 1.29 is 32.8 Å². The Morgan fingerprint density at radius 2 is 1.80 bits per heavy atom. The summed E-state index contributed by atoms with van der Waals surface area (Å²) in [6.07, 6.45) is 6.95. The van der Waals surface area contributed by atoms with E-state index >= 15 is 0 Å². The number of likely N-dealkylation sites (tertiary alicyclic amines) is 1. The van der Waals surface area contributed by atoms with Crippen molar-refractivity contribution in [3.63, 3.8) is 0 Å². The van der Waals surface area contributed by atoms with E-state index < -0.39 is 16.2 Å². The Balaban J connectivity index is 0.000000327. The number of fused-ring (bicyclic) bond motifs is 1. The number of benzene rings is 1. The number of anilines is 1. The highest BCUT2D eigenvalue weighted by molar-refractivity contribution is 7.85. The fourth-order valence-corrected chi connectivity index (χ4v) is 6.18. The molecule has 1 saturated carbocycles. The molecule has 14 nitrogen and oxygen atoms in total. The number of nitrogens with zero attached hydrogens (tertiary/aromatic N) is 5. The van der Waals surface area contributed by atoms with Crippen molar-refractivity contribution in [2.24, 2.45) is 5.92 Å². The number of nitrogens with one attached hydrogen (secondary N) is 2. The lowest BCUT2D eigenvalue weighted by atomic mass is 10.0. The second-order valence-electron chi connectivity index (χ2n) is 10.9. The molecule has 0 spiro atoms. The van der Waals surface area contributed by atoms with Crippen molar-refractivity contribution >= 4 is 44.1 Å². The minimum Gasteiger partial charge on any atom is -0.453 e. The van der Waals surface area contributed by atoms with Gasteiger partial charge in [-0.1, -0.05) is 17.7 Å². The molecule has 2 aliphatic rings. The van der Waals surface area contributed by atoms with Crippen LogP contribution in [0.1, 0.15) is 48.7 Å². The van der Waals surface area contributed by atoms with Gasteiger partial charge in [0.15, 0.2) is 5.82 Å². The van der Waals surface area contributed by atoms with E-state index in [0.29, 0.717) is 49.2 Å². The molecular formula is C29H37N7O7S2. The zero-order valence-electron chi connectivity index (χ0n) is 25.1. The Morgan fingerprint density at radius 1 is 1.11 bits per heavy atom. The predicted molar refractivity (Wildman–Crippen MR) is 169 cm³/mol. The summed E-state index contributed by atoms with van der Waals surface area (Å²) in [5, 5.41) is 12.6. The number of piperidine rings is 1. The van der Waals surface area contributed by atoms with Crippen LogP contribution in [0.25, 0.3) is 16.2 Å². The van der Waals surface area contributed by atoms with Gasteiger partial charge in [-0.05, 0) is 57.6 Å². The number of hydrogen-bond donors (Lipinski definition) is 3. The molecule has 2 amide bonds. The van der Waals surface area contributed by atoms with E-state index in [9.17, 15) is 18.0 Å². The lowest BCUT2D eigenvalue weighted by Crippen LogP contribution is -2.46. The third-order valence-electron chi connectivity index (χ3n) is 7.63. The molecule has 0 radical (unpaired) electrons. The molecule has 4 aromatic rings. The van der Waals surface area contributed by atoms with E-state index in [2.05, 4.69) is 32.4 Å². The first kappa shape index (κ1) is 33.8. The average Bonchev–Trinajstić information content (AvgIpc) is 3.63. The Bertz CT molecular complexity index is 1730. The van der Waals surface area contributed by atoms with Crippen LogP contribution in [0.4, 0.5) is 10.6 Å². The van der Waals surface area contributed by atoms with Crippen molar-refractivity contribution in [2.75, 3.05) is 25.5 Å². The fraction of sp³-hybridized carbons (Fsp3) is 0.414. The van der Waals surface area contributed by atoms with Gasteiger partial charge in [0.2, 0.25) is 0 Å². The van der Waals surface area contributed by atoms with Gasteiger partial charge in [0.1, 0.15) is 16.3 Å². The standard InChI is InChI=1S/C22H27N7O3S.C7H8O3S.H2O/c1-13(14-3-4-14)24-18-11-17(20(30)28-7-5-15(6-8-28)25-22(31)32-2)26-19(27-18)16-12-23-29-9-10-33-21(16)29;1-6-2-4-7(5-3-6)11(8,9)10;/h9-15H,3-8H2,1-2H3,(H,25,31)(H,24,26,27);2-5H,1H3,(H,8,9,10);1H2/t13-;;/m0../s1. The van der Waals surface area contributed by atoms with Crippen LogP contribution in [-0.4, -0.2) is 87.2 Å². The Morgan fingerprint density at radius 3 is 2.42 bits per heavy atom. The van der Waals surface area contributed by atoms with Gasteiger partial charge in [-0.3, -0.25) is 9.35 Å². The molecule has 5 N–H and O–H groups in total. The molecule has 6 rings (SSSR count). The van der Waals surface area contributed by atoms with Crippen LogP contribution in [-0.2, 0) is 14.9 Å². The number of thiazole rings is 1. The van der Waals surface area contributed by atoms with E-state index in [1.54, 1.807) is 45.1 Å². The maximum Gasteiger partial charge on any atom is 0.407 e. The summed E-state index contributed by atoms with van der Waals surface area (Å²) in [7, 11) is -2.67. The van der Waals surface area contributed by atoms with Crippen LogP contribution in [0, 0.1) is 12.8 Å². The lowest BCUT2D eigenvalue weighted by molar-refractivity contribution is 0.0698. The van der Waals surface area contributed by atoms with Crippen molar-refractivity contribution in [2.45, 2.75) is 56.5 Å². The SMILES string of the molecule is COC(=O)NC1CCN(C(=O)c2cc(N[C@@H](C)C3CC3)nc(-c3cnn4ccsc34)n2)CC1.Cc1ccc(S(=O)(=O)O)cc1.O. The molecule has 2 fully saturated rings. The Kier molecular flexibility index (Phi) is 10.7. The smallest absolute Gasteiger partial charge is 0.407 e. The van der Waals surface area contributed by atoms with Crippen molar-refractivity contribution in [3.05, 3.63) is 59.4 Å². The van der Waals surface area contributed by atoms with Gasteiger partial charge in [-0.2, -0.15) is 13.5 Å². The Labute approximate surface area is 264 Å². The summed E-state index contributed by atoms with van der Waals surface area (Å²) in [4.78, 5) is 36.9. The summed E-state index contributed by atoms with van der Waals surface area (Å²) in [6, 6.07) is 8.02. The maximum absolute atomic E-state index is 13.4. The summed E-state index contributed by atoms with van der Waals surface area (Å²) in [5.74, 6) is 1.66. The van der Waals surface area contributed by atoms with Gasteiger partial charge in [0, 0.05) is 42.8 Å². The molecule has 45 heavy (non-hydrogen) atoms. The van der Waals surface area contributed by atoms with E-state index in [0.717, 1.165) is 16.0 Å². The molecule has 4 heterocycles. The van der Waals surface area contributed by atoms with Crippen LogP contribution in [0.2, 0.25) is 0 Å². The molecule has 1 aromatic carbocycles. The van der Waals surface area contributed by atoms with Crippen LogP contribution >= 0.6 is 11.3 Å². The molecule has 0 bridgehead atoms. The van der Waals surface area contributed by atoms with E-state index in [4.69, 9.17) is 9.54 Å². The quantitative estimate of drug-likeness (QED) is 0.247. The van der Waals surface area contributed by atoms with E-state index in [1.807, 2.05) is 18.5 Å². The number of rotatable bonds is 7. The summed E-state index contributed by atoms with van der Waals surface area (Å²) in [5.41, 5.74) is 2.13. The van der Waals surface area contributed by atoms with Gasteiger partial charge in [-0.15, -0.1) is 11.3 Å². The second kappa shape index (κ2) is 14.3. The molecule has 16 heteroatoms. The van der Waals surface area contributed by atoms with Crippen molar-refractivity contribution in [1.29, 1.82) is 0 Å². The number of alkyl carbamates (subject to hydrolysis) is 1. The third-order valence-corrected chi connectivity index (χ3v) is 9.39. The van der Waals surface area contributed by atoms with Crippen molar-refractivity contribution in [3.8, 4) is 11.4 Å². The minimum absolute atomic E-state index is 0. The van der Waals surface area contributed by atoms with Gasteiger partial charge >= 0.3 is 6.09 Å². The number of carbonyl (C=O) groups excluding carboxylic acids is 2. The summed E-state index contributed by atoms with van der Waals surface area (Å²) < 4.78 is 36.0. The number of aromatic nitrogens is 4. The molecular weight excluding hydrogens is 622 g/mol. The fourth-order valence-electron chi connectivity index (χ4n) is 4.90. The minimum atomic E-state index is -4.02. The number of aryl methyl sites for hydroxylation is 1. The monoisotopic (exact) mass is 659 g/mol. The van der Waals surface area contributed by atoms with Gasteiger partial charge < -0.3 is 25.7 Å². The van der Waals surface area contributed by atoms with Crippen LogP contribution < -0.4 is 10.6 Å². The third kappa shape index (κ3) is 8.54. The molecule has 3 aromatic heterocycles. The Hall–Kier alpha value is -4.12. The predicted octanol–water partition coefficient (Wildman–Crippen LogP) is 3.44.